The Morgan fingerprint density at radius 1 is 1.33 bits per heavy atom. The van der Waals surface area contributed by atoms with Gasteiger partial charge in [-0.05, 0) is 43.4 Å². The van der Waals surface area contributed by atoms with Gasteiger partial charge in [-0.2, -0.15) is 0 Å². The maximum absolute atomic E-state index is 10.8. The first kappa shape index (κ1) is 14.5. The van der Waals surface area contributed by atoms with Crippen molar-refractivity contribution in [3.05, 3.63) is 29.6 Å². The Labute approximate surface area is 126 Å². The van der Waals surface area contributed by atoms with Crippen molar-refractivity contribution in [3.8, 4) is 0 Å². The average molecular weight is 287 g/mol. The fourth-order valence-electron chi connectivity index (χ4n) is 2.90. The lowest BCUT2D eigenvalue weighted by Gasteiger charge is -2.28. The summed E-state index contributed by atoms with van der Waals surface area (Å²) in [6.07, 6.45) is 1.97. The van der Waals surface area contributed by atoms with Gasteiger partial charge in [0.1, 0.15) is 5.82 Å². The Balaban J connectivity index is 1.90. The van der Waals surface area contributed by atoms with Crippen LogP contribution in [0.25, 0.3) is 11.0 Å². The van der Waals surface area contributed by atoms with E-state index in [2.05, 4.69) is 34.8 Å². The molecule has 0 saturated heterocycles. The molecule has 1 aromatic carbocycles. The fourth-order valence-corrected chi connectivity index (χ4v) is 2.90. The molecule has 3 rings (SSSR count). The molecular weight excluding hydrogens is 262 g/mol. The Kier molecular flexibility index (Phi) is 3.76. The number of nitrogens with zero attached hydrogens (tertiary/aromatic N) is 2. The van der Waals surface area contributed by atoms with Gasteiger partial charge in [0, 0.05) is 19.1 Å². The molecule has 0 aliphatic heterocycles. The van der Waals surface area contributed by atoms with Crippen LogP contribution in [-0.4, -0.2) is 26.7 Å². The van der Waals surface area contributed by atoms with Gasteiger partial charge in [-0.15, -0.1) is 0 Å². The van der Waals surface area contributed by atoms with Crippen molar-refractivity contribution >= 4 is 11.0 Å². The van der Waals surface area contributed by atoms with Gasteiger partial charge in [0.15, 0.2) is 0 Å². The second-order valence-electron chi connectivity index (χ2n) is 6.62. The molecule has 2 aromatic rings. The van der Waals surface area contributed by atoms with Crippen molar-refractivity contribution in [2.45, 2.75) is 51.8 Å². The maximum atomic E-state index is 10.8. The van der Waals surface area contributed by atoms with Gasteiger partial charge in [0.25, 0.3) is 0 Å². The first-order chi connectivity index (χ1) is 9.97. The molecule has 0 spiro atoms. The quantitative estimate of drug-likeness (QED) is 0.889. The lowest BCUT2D eigenvalue weighted by Crippen LogP contribution is -2.40. The Bertz CT molecular complexity index is 643. The molecule has 2 N–H and O–H groups in total. The number of rotatable bonds is 5. The van der Waals surface area contributed by atoms with Crippen molar-refractivity contribution in [1.29, 1.82) is 0 Å². The number of nitrogens with one attached hydrogen (secondary N) is 1. The van der Waals surface area contributed by atoms with Gasteiger partial charge >= 0.3 is 0 Å². The molecule has 2 unspecified atom stereocenters. The highest BCUT2D eigenvalue weighted by Crippen LogP contribution is 2.29. The van der Waals surface area contributed by atoms with E-state index in [9.17, 15) is 5.11 Å². The summed E-state index contributed by atoms with van der Waals surface area (Å²) in [6.45, 7) is 6.32. The predicted octanol–water partition coefficient (Wildman–Crippen LogP) is 2.69. The fraction of sp³-hybridized carbons (Fsp3) is 0.588. The summed E-state index contributed by atoms with van der Waals surface area (Å²) in [5.41, 5.74) is 3.02. The van der Waals surface area contributed by atoms with Crippen LogP contribution in [0.2, 0.25) is 0 Å². The molecule has 0 radical (unpaired) electrons. The zero-order valence-corrected chi connectivity index (χ0v) is 13.3. The van der Waals surface area contributed by atoms with Crippen molar-refractivity contribution in [2.24, 2.45) is 13.0 Å². The van der Waals surface area contributed by atoms with Crippen LogP contribution in [0.15, 0.2) is 18.2 Å². The van der Waals surface area contributed by atoms with Gasteiger partial charge < -0.3 is 15.0 Å². The summed E-state index contributed by atoms with van der Waals surface area (Å²) < 4.78 is 2.08. The summed E-state index contributed by atoms with van der Waals surface area (Å²) in [7, 11) is 2.02. The van der Waals surface area contributed by atoms with Crippen molar-refractivity contribution in [2.75, 3.05) is 0 Å². The highest BCUT2D eigenvalue weighted by atomic mass is 16.3. The third kappa shape index (κ3) is 2.83. The highest BCUT2D eigenvalue weighted by Gasteiger charge is 2.31. The summed E-state index contributed by atoms with van der Waals surface area (Å²) in [6, 6.07) is 6.80. The molecule has 1 aliphatic rings. The first-order valence-electron chi connectivity index (χ1n) is 7.84. The molecule has 1 saturated carbocycles. The van der Waals surface area contributed by atoms with Crippen LogP contribution in [0.1, 0.15) is 44.2 Å². The highest BCUT2D eigenvalue weighted by molar-refractivity contribution is 5.76. The minimum absolute atomic E-state index is 0.0970. The molecule has 1 fully saturated rings. The molecule has 114 valence electrons. The third-order valence-corrected chi connectivity index (χ3v) is 4.53. The summed E-state index contributed by atoms with van der Waals surface area (Å²) in [5.74, 6) is 1.38. The Morgan fingerprint density at radius 2 is 2.05 bits per heavy atom. The molecule has 2 atom stereocenters. The number of benzene rings is 1. The van der Waals surface area contributed by atoms with Crippen LogP contribution in [-0.2, 0) is 7.05 Å². The van der Waals surface area contributed by atoms with Crippen molar-refractivity contribution < 1.29 is 5.11 Å². The van der Waals surface area contributed by atoms with Gasteiger partial charge in [-0.25, -0.2) is 4.98 Å². The second-order valence-corrected chi connectivity index (χ2v) is 6.62. The van der Waals surface area contributed by atoms with Crippen LogP contribution in [0.3, 0.4) is 0 Å². The van der Waals surface area contributed by atoms with Crippen LogP contribution in [0.5, 0.6) is 0 Å². The van der Waals surface area contributed by atoms with Crippen LogP contribution < -0.4 is 5.32 Å². The average Bonchev–Trinajstić information content (AvgIpc) is 3.22. The molecule has 21 heavy (non-hydrogen) atoms. The number of hydrogen-bond acceptors (Lipinski definition) is 3. The molecule has 4 nitrogen and oxygen atoms in total. The van der Waals surface area contributed by atoms with Crippen LogP contribution in [0.4, 0.5) is 0 Å². The summed E-state index contributed by atoms with van der Waals surface area (Å²) >= 11 is 0. The van der Waals surface area contributed by atoms with Gasteiger partial charge in [0.2, 0.25) is 0 Å². The van der Waals surface area contributed by atoms with E-state index >= 15 is 0 Å². The third-order valence-electron chi connectivity index (χ3n) is 4.53. The number of hydrogen-bond donors (Lipinski definition) is 2. The number of aliphatic hydroxyl groups is 1. The summed E-state index contributed by atoms with van der Waals surface area (Å²) in [4.78, 5) is 4.56. The number of aliphatic hydroxyl groups excluding tert-OH is 1. The zero-order valence-electron chi connectivity index (χ0n) is 13.3. The zero-order chi connectivity index (χ0) is 15.1. The van der Waals surface area contributed by atoms with E-state index < -0.39 is 6.10 Å². The molecule has 1 heterocycles. The Morgan fingerprint density at radius 3 is 2.67 bits per heavy atom. The molecule has 1 aliphatic carbocycles. The first-order valence-corrected chi connectivity index (χ1v) is 7.84. The van der Waals surface area contributed by atoms with Crippen molar-refractivity contribution in [1.82, 2.24) is 14.9 Å². The minimum atomic E-state index is -0.489. The largest absolute Gasteiger partial charge is 0.387 e. The van der Waals surface area contributed by atoms with E-state index in [4.69, 9.17) is 0 Å². The minimum Gasteiger partial charge on any atom is -0.387 e. The molecule has 0 amide bonds. The number of imidazole rings is 1. The van der Waals surface area contributed by atoms with Gasteiger partial charge in [-0.1, -0.05) is 19.9 Å². The molecule has 0 bridgehead atoms. The standard InChI is InChI=1S/C17H25N3O/c1-10(2)16(19-13-6-7-13)17(21)12-5-8-15-14(9-12)18-11(3)20(15)4/h5,8-10,13,16-17,19,21H,6-7H2,1-4H3. The normalized spacial score (nSPS) is 18.4. The van der Waals surface area contributed by atoms with E-state index in [1.807, 2.05) is 26.1 Å². The predicted molar refractivity (Wildman–Crippen MR) is 85.2 cm³/mol. The maximum Gasteiger partial charge on any atom is 0.106 e. The van der Waals surface area contributed by atoms with Gasteiger partial charge in [-0.3, -0.25) is 0 Å². The van der Waals surface area contributed by atoms with E-state index in [0.29, 0.717) is 12.0 Å². The molecule has 4 heteroatoms. The van der Waals surface area contributed by atoms with E-state index in [1.54, 1.807) is 0 Å². The summed E-state index contributed by atoms with van der Waals surface area (Å²) in [5, 5.41) is 14.3. The number of aryl methyl sites for hydroxylation is 2. The van der Waals surface area contributed by atoms with Gasteiger partial charge in [0.05, 0.1) is 17.1 Å². The number of aromatic nitrogens is 2. The lowest BCUT2D eigenvalue weighted by atomic mass is 9.93. The van der Waals surface area contributed by atoms with E-state index in [0.717, 1.165) is 22.4 Å². The Hall–Kier alpha value is -1.39. The SMILES string of the molecule is Cc1nc2cc(C(O)C(NC3CC3)C(C)C)ccc2n1C. The lowest BCUT2D eigenvalue weighted by molar-refractivity contribution is 0.104. The number of fused-ring (bicyclic) bond motifs is 1. The van der Waals surface area contributed by atoms with Crippen molar-refractivity contribution in [3.63, 3.8) is 0 Å². The molecule has 1 aromatic heterocycles. The van der Waals surface area contributed by atoms with Crippen LogP contribution in [0, 0.1) is 12.8 Å². The second kappa shape index (κ2) is 5.43. The van der Waals surface area contributed by atoms with E-state index in [1.165, 1.54) is 12.8 Å². The van der Waals surface area contributed by atoms with Crippen LogP contribution >= 0.6 is 0 Å². The smallest absolute Gasteiger partial charge is 0.106 e. The molecular formula is C17H25N3O. The monoisotopic (exact) mass is 287 g/mol. The topological polar surface area (TPSA) is 50.1 Å². The van der Waals surface area contributed by atoms with E-state index in [-0.39, 0.29) is 6.04 Å².